The molecular formula is C20H20FN3O3. The molecule has 1 aromatic carbocycles. The first-order valence-corrected chi connectivity index (χ1v) is 9.03. The molecule has 2 aromatic heterocycles. The van der Waals surface area contributed by atoms with Gasteiger partial charge in [0.15, 0.2) is 5.76 Å². The van der Waals surface area contributed by atoms with Crippen LogP contribution in [0.15, 0.2) is 45.4 Å². The van der Waals surface area contributed by atoms with E-state index in [1.54, 1.807) is 23.1 Å². The summed E-state index contributed by atoms with van der Waals surface area (Å²) in [6.45, 7) is 4.71. The van der Waals surface area contributed by atoms with E-state index >= 15 is 0 Å². The summed E-state index contributed by atoms with van der Waals surface area (Å²) in [5.41, 5.74) is 2.06. The summed E-state index contributed by atoms with van der Waals surface area (Å²) in [6, 6.07) is 9.24. The maximum Gasteiger partial charge on any atom is 0.293 e. The van der Waals surface area contributed by atoms with Gasteiger partial charge in [-0.2, -0.15) is 0 Å². The van der Waals surface area contributed by atoms with E-state index in [1.807, 2.05) is 19.9 Å². The van der Waals surface area contributed by atoms with Crippen molar-refractivity contribution in [2.24, 2.45) is 0 Å². The molecule has 1 aliphatic rings. The second-order valence-corrected chi connectivity index (χ2v) is 7.05. The largest absolute Gasteiger partial charge is 0.359 e. The van der Waals surface area contributed by atoms with Gasteiger partial charge in [0, 0.05) is 24.2 Å². The molecule has 4 rings (SSSR count). The fraction of sp³-hybridized carbons (Fsp3) is 0.350. The third kappa shape index (κ3) is 3.37. The van der Waals surface area contributed by atoms with E-state index in [0.717, 1.165) is 18.5 Å². The number of likely N-dealkylation sites (tertiary alicyclic amines) is 1. The average molecular weight is 369 g/mol. The number of hydrogen-bond acceptors (Lipinski definition) is 5. The molecule has 0 unspecified atom stereocenters. The Bertz CT molecular complexity index is 946. The molecule has 1 atom stereocenters. The standard InChI is InChI=1S/C20H20FN3O3/c1-12(2)15-10-18(26-22-15)17-4-3-9-24(17)20(25)19-11-16(23-27-19)13-5-7-14(21)8-6-13/h5-8,10-12,17H,3-4,9H2,1-2H3/t17-/m1/s1. The lowest BCUT2D eigenvalue weighted by atomic mass is 10.1. The fourth-order valence-electron chi connectivity index (χ4n) is 3.31. The maximum atomic E-state index is 13.1. The molecule has 0 N–H and O–H groups in total. The highest BCUT2D eigenvalue weighted by atomic mass is 19.1. The Labute approximate surface area is 155 Å². The summed E-state index contributed by atoms with van der Waals surface area (Å²) in [7, 11) is 0. The molecule has 1 amide bonds. The minimum atomic E-state index is -0.328. The lowest BCUT2D eigenvalue weighted by Gasteiger charge is -2.21. The Morgan fingerprint density at radius 3 is 2.67 bits per heavy atom. The molecule has 0 spiro atoms. The summed E-state index contributed by atoms with van der Waals surface area (Å²) in [5.74, 6) is 0.556. The van der Waals surface area contributed by atoms with E-state index in [4.69, 9.17) is 9.05 Å². The molecule has 0 radical (unpaired) electrons. The Balaban J connectivity index is 1.55. The number of amides is 1. The van der Waals surface area contributed by atoms with Crippen molar-refractivity contribution in [1.82, 2.24) is 15.2 Å². The van der Waals surface area contributed by atoms with E-state index in [0.29, 0.717) is 23.6 Å². The van der Waals surface area contributed by atoms with Gasteiger partial charge in [0.1, 0.15) is 11.5 Å². The van der Waals surface area contributed by atoms with Crippen LogP contribution in [0.25, 0.3) is 11.3 Å². The lowest BCUT2D eigenvalue weighted by molar-refractivity contribution is 0.0672. The van der Waals surface area contributed by atoms with Crippen LogP contribution >= 0.6 is 0 Å². The number of aromatic nitrogens is 2. The van der Waals surface area contributed by atoms with Gasteiger partial charge < -0.3 is 13.9 Å². The predicted octanol–water partition coefficient (Wildman–Crippen LogP) is 4.57. The number of halogens is 1. The van der Waals surface area contributed by atoms with Gasteiger partial charge in [0.25, 0.3) is 5.91 Å². The molecule has 3 aromatic rings. The van der Waals surface area contributed by atoms with E-state index < -0.39 is 0 Å². The van der Waals surface area contributed by atoms with Crippen LogP contribution < -0.4 is 0 Å². The van der Waals surface area contributed by atoms with Crippen molar-refractivity contribution in [2.45, 2.75) is 38.6 Å². The summed E-state index contributed by atoms with van der Waals surface area (Å²) in [5, 5.41) is 8.05. The van der Waals surface area contributed by atoms with Gasteiger partial charge >= 0.3 is 0 Å². The minimum Gasteiger partial charge on any atom is -0.359 e. The number of nitrogens with zero attached hydrogens (tertiary/aromatic N) is 3. The van der Waals surface area contributed by atoms with Crippen molar-refractivity contribution in [1.29, 1.82) is 0 Å². The van der Waals surface area contributed by atoms with Gasteiger partial charge in [-0.3, -0.25) is 4.79 Å². The maximum absolute atomic E-state index is 13.1. The van der Waals surface area contributed by atoms with Gasteiger partial charge in [-0.05, 0) is 43.0 Å². The molecular weight excluding hydrogens is 349 g/mol. The first-order valence-electron chi connectivity index (χ1n) is 9.03. The van der Waals surface area contributed by atoms with Crippen molar-refractivity contribution in [3.05, 3.63) is 59.4 Å². The SMILES string of the molecule is CC(C)c1cc([C@H]2CCCN2C(=O)c2cc(-c3ccc(F)cc3)no2)on1. The van der Waals surface area contributed by atoms with Crippen LogP contribution in [-0.2, 0) is 0 Å². The molecule has 3 heterocycles. The van der Waals surface area contributed by atoms with Crippen molar-refractivity contribution < 1.29 is 18.2 Å². The second-order valence-electron chi connectivity index (χ2n) is 7.05. The first-order chi connectivity index (χ1) is 13.0. The van der Waals surface area contributed by atoms with Crippen LogP contribution in [-0.4, -0.2) is 27.7 Å². The molecule has 1 aliphatic heterocycles. The van der Waals surface area contributed by atoms with Crippen LogP contribution in [0.2, 0.25) is 0 Å². The smallest absolute Gasteiger partial charge is 0.293 e. The molecule has 140 valence electrons. The minimum absolute atomic E-state index is 0.156. The first kappa shape index (κ1) is 17.5. The highest BCUT2D eigenvalue weighted by Gasteiger charge is 2.35. The number of carbonyl (C=O) groups excluding carboxylic acids is 1. The number of hydrogen-bond donors (Lipinski definition) is 0. The zero-order valence-electron chi connectivity index (χ0n) is 15.2. The summed E-state index contributed by atoms with van der Waals surface area (Å²) in [4.78, 5) is 14.7. The number of rotatable bonds is 4. The second kappa shape index (κ2) is 6.98. The third-order valence-electron chi connectivity index (χ3n) is 4.84. The quantitative estimate of drug-likeness (QED) is 0.674. The summed E-state index contributed by atoms with van der Waals surface area (Å²) >= 11 is 0. The molecule has 7 heteroatoms. The van der Waals surface area contributed by atoms with Crippen LogP contribution in [0.1, 0.15) is 60.7 Å². The van der Waals surface area contributed by atoms with E-state index in [1.165, 1.54) is 12.1 Å². The third-order valence-corrected chi connectivity index (χ3v) is 4.84. The van der Waals surface area contributed by atoms with Crippen molar-refractivity contribution in [3.63, 3.8) is 0 Å². The van der Waals surface area contributed by atoms with E-state index in [2.05, 4.69) is 10.3 Å². The van der Waals surface area contributed by atoms with Crippen molar-refractivity contribution >= 4 is 5.91 Å². The fourth-order valence-corrected chi connectivity index (χ4v) is 3.31. The average Bonchev–Trinajstić information content (AvgIpc) is 3.40. The zero-order chi connectivity index (χ0) is 19.0. The molecule has 6 nitrogen and oxygen atoms in total. The molecule has 1 saturated heterocycles. The van der Waals surface area contributed by atoms with Crippen LogP contribution in [0.5, 0.6) is 0 Å². The van der Waals surface area contributed by atoms with Crippen molar-refractivity contribution in [2.75, 3.05) is 6.54 Å². The van der Waals surface area contributed by atoms with Crippen molar-refractivity contribution in [3.8, 4) is 11.3 Å². The van der Waals surface area contributed by atoms with Gasteiger partial charge in [-0.1, -0.05) is 24.2 Å². The number of carbonyl (C=O) groups is 1. The Morgan fingerprint density at radius 1 is 1.19 bits per heavy atom. The van der Waals surface area contributed by atoms with Gasteiger partial charge in [-0.25, -0.2) is 4.39 Å². The van der Waals surface area contributed by atoms with Gasteiger partial charge in [-0.15, -0.1) is 0 Å². The summed E-state index contributed by atoms with van der Waals surface area (Å²) in [6.07, 6.45) is 1.70. The van der Waals surface area contributed by atoms with E-state index in [-0.39, 0.29) is 29.4 Å². The molecule has 0 bridgehead atoms. The van der Waals surface area contributed by atoms with Gasteiger partial charge in [0.2, 0.25) is 5.76 Å². The normalized spacial score (nSPS) is 17.0. The Hall–Kier alpha value is -2.96. The van der Waals surface area contributed by atoms with Gasteiger partial charge in [0.05, 0.1) is 11.7 Å². The zero-order valence-corrected chi connectivity index (χ0v) is 15.2. The molecule has 0 aliphatic carbocycles. The monoisotopic (exact) mass is 369 g/mol. The highest BCUT2D eigenvalue weighted by molar-refractivity contribution is 5.92. The molecule has 27 heavy (non-hydrogen) atoms. The Kier molecular flexibility index (Phi) is 4.51. The molecule has 0 saturated carbocycles. The van der Waals surface area contributed by atoms with Crippen LogP contribution in [0.4, 0.5) is 4.39 Å². The van der Waals surface area contributed by atoms with Crippen LogP contribution in [0.3, 0.4) is 0 Å². The topological polar surface area (TPSA) is 72.4 Å². The highest BCUT2D eigenvalue weighted by Crippen LogP contribution is 2.34. The number of benzene rings is 1. The Morgan fingerprint density at radius 2 is 1.96 bits per heavy atom. The van der Waals surface area contributed by atoms with Crippen LogP contribution in [0, 0.1) is 5.82 Å². The molecule has 1 fully saturated rings. The summed E-state index contributed by atoms with van der Waals surface area (Å²) < 4.78 is 23.8. The predicted molar refractivity (Wildman–Crippen MR) is 95.5 cm³/mol. The lowest BCUT2D eigenvalue weighted by Crippen LogP contribution is -2.30. The van der Waals surface area contributed by atoms with E-state index in [9.17, 15) is 9.18 Å².